The van der Waals surface area contributed by atoms with Crippen LogP contribution in [0.25, 0.3) is 5.57 Å². The highest BCUT2D eigenvalue weighted by Gasteiger charge is 2.18. The van der Waals surface area contributed by atoms with E-state index < -0.39 is 16.0 Å². The molecule has 176 valence electrons. The number of carboxylic acid groups (broad SMARTS) is 1. The van der Waals surface area contributed by atoms with Crippen molar-refractivity contribution >= 4 is 33.2 Å². The molecule has 8 nitrogen and oxygen atoms in total. The molecule has 0 amide bonds. The second-order valence-electron chi connectivity index (χ2n) is 8.15. The normalized spacial score (nSPS) is 15.4. The molecule has 0 atom stereocenters. The number of allylic oxidation sites excluding steroid dienone is 1. The van der Waals surface area contributed by atoms with E-state index in [-0.39, 0.29) is 18.4 Å². The second kappa shape index (κ2) is 11.6. The molecular formula is C24H30N4O4S. The van der Waals surface area contributed by atoms with Crippen LogP contribution >= 0.6 is 0 Å². The zero-order valence-electron chi connectivity index (χ0n) is 18.7. The lowest BCUT2D eigenvalue weighted by Crippen LogP contribution is -2.38. The lowest BCUT2D eigenvalue weighted by atomic mass is 9.97. The molecule has 33 heavy (non-hydrogen) atoms. The quantitative estimate of drug-likeness (QED) is 0.287. The first-order valence-electron chi connectivity index (χ1n) is 11.1. The lowest BCUT2D eigenvalue weighted by molar-refractivity contribution is -0.137. The van der Waals surface area contributed by atoms with Crippen molar-refractivity contribution in [3.8, 4) is 0 Å². The van der Waals surface area contributed by atoms with Crippen molar-refractivity contribution in [1.82, 2.24) is 10.3 Å². The van der Waals surface area contributed by atoms with Crippen LogP contribution in [-0.2, 0) is 14.8 Å². The molecule has 1 aromatic carbocycles. The Hall–Kier alpha value is -3.20. The largest absolute Gasteiger partial charge is 0.481 e. The third-order valence-electron chi connectivity index (χ3n) is 5.31. The summed E-state index contributed by atoms with van der Waals surface area (Å²) in [6, 6.07) is 11.6. The molecule has 1 aromatic heterocycles. The maximum atomic E-state index is 11.8. The molecular weight excluding hydrogens is 440 g/mol. The lowest BCUT2D eigenvalue weighted by Gasteiger charge is -2.17. The van der Waals surface area contributed by atoms with Crippen LogP contribution < -0.4 is 10.6 Å². The summed E-state index contributed by atoms with van der Waals surface area (Å²) >= 11 is 0. The van der Waals surface area contributed by atoms with Crippen LogP contribution in [0.5, 0.6) is 0 Å². The van der Waals surface area contributed by atoms with Gasteiger partial charge in [-0.05, 0) is 55.0 Å². The number of hydrogen-bond donors (Lipinski definition) is 3. The topological polar surface area (TPSA) is 121 Å². The van der Waals surface area contributed by atoms with Gasteiger partial charge in [0, 0.05) is 36.1 Å². The van der Waals surface area contributed by atoms with Gasteiger partial charge in [0.25, 0.3) is 10.0 Å². The molecule has 0 spiro atoms. The molecule has 3 N–H and O–H groups in total. The first-order chi connectivity index (χ1) is 15.8. The summed E-state index contributed by atoms with van der Waals surface area (Å²) in [5.74, 6) is -0.597. The molecule has 0 bridgehead atoms. The van der Waals surface area contributed by atoms with Crippen LogP contribution in [0.4, 0.5) is 5.69 Å². The van der Waals surface area contributed by atoms with Crippen LogP contribution in [0.15, 0.2) is 59.3 Å². The van der Waals surface area contributed by atoms with E-state index in [0.717, 1.165) is 48.6 Å². The molecule has 2 aromatic rings. The highest BCUT2D eigenvalue weighted by molar-refractivity contribution is 7.89. The van der Waals surface area contributed by atoms with Crippen molar-refractivity contribution in [2.24, 2.45) is 4.40 Å². The fourth-order valence-corrected chi connectivity index (χ4v) is 4.27. The van der Waals surface area contributed by atoms with Gasteiger partial charge in [-0.25, -0.2) is 8.42 Å². The fraction of sp³-hybridized carbons (Fsp3) is 0.375. The summed E-state index contributed by atoms with van der Waals surface area (Å²) in [4.78, 5) is 15.1. The Morgan fingerprint density at radius 1 is 1.21 bits per heavy atom. The minimum atomic E-state index is -3.58. The van der Waals surface area contributed by atoms with Crippen LogP contribution in [-0.4, -0.2) is 42.7 Å². The third kappa shape index (κ3) is 8.34. The minimum Gasteiger partial charge on any atom is -0.481 e. The number of benzene rings is 1. The number of carbonyl (C=O) groups is 1. The Labute approximate surface area is 194 Å². The zero-order chi connectivity index (χ0) is 23.7. The Morgan fingerprint density at radius 3 is 2.64 bits per heavy atom. The van der Waals surface area contributed by atoms with Gasteiger partial charge in [0.1, 0.15) is 0 Å². The van der Waals surface area contributed by atoms with Gasteiger partial charge in [0.05, 0.1) is 6.26 Å². The van der Waals surface area contributed by atoms with Crippen molar-refractivity contribution < 1.29 is 18.3 Å². The first-order valence-corrected chi connectivity index (χ1v) is 12.9. The summed E-state index contributed by atoms with van der Waals surface area (Å²) < 4.78 is 27.5. The van der Waals surface area contributed by atoms with Gasteiger partial charge in [-0.3, -0.25) is 9.78 Å². The molecule has 9 heteroatoms. The number of hydrogen-bond acceptors (Lipinski definition) is 4. The van der Waals surface area contributed by atoms with Gasteiger partial charge in [-0.1, -0.05) is 37.1 Å². The molecule has 1 aliphatic carbocycles. The zero-order valence-corrected chi connectivity index (χ0v) is 19.5. The summed E-state index contributed by atoms with van der Waals surface area (Å²) in [6.45, 7) is 0. The SMILES string of the molecule is CS(=O)(=O)/N=C(\Nc1cccc(/C(=C\CCCC(=O)O)c2cccnc2)c1)NC1CCCC1. The number of aromatic nitrogens is 1. The molecule has 1 saturated carbocycles. The highest BCUT2D eigenvalue weighted by Crippen LogP contribution is 2.26. The van der Waals surface area contributed by atoms with E-state index in [1.807, 2.05) is 42.5 Å². The Kier molecular flexibility index (Phi) is 8.59. The number of rotatable bonds is 9. The predicted molar refractivity (Wildman–Crippen MR) is 131 cm³/mol. The van der Waals surface area contributed by atoms with Crippen LogP contribution in [0.2, 0.25) is 0 Å². The van der Waals surface area contributed by atoms with Crippen molar-refractivity contribution in [1.29, 1.82) is 0 Å². The highest BCUT2D eigenvalue weighted by atomic mass is 32.2. The smallest absolute Gasteiger partial charge is 0.303 e. The van der Waals surface area contributed by atoms with E-state index >= 15 is 0 Å². The van der Waals surface area contributed by atoms with E-state index in [9.17, 15) is 13.2 Å². The number of pyridine rings is 1. The van der Waals surface area contributed by atoms with Crippen molar-refractivity contribution in [2.45, 2.75) is 51.0 Å². The molecule has 1 heterocycles. The van der Waals surface area contributed by atoms with E-state index in [2.05, 4.69) is 20.0 Å². The average molecular weight is 471 g/mol. The van der Waals surface area contributed by atoms with E-state index in [4.69, 9.17) is 5.11 Å². The molecule has 0 aliphatic heterocycles. The Bertz CT molecular complexity index is 1110. The summed E-state index contributed by atoms with van der Waals surface area (Å²) in [5.41, 5.74) is 3.45. The number of nitrogens with zero attached hydrogens (tertiary/aromatic N) is 2. The summed E-state index contributed by atoms with van der Waals surface area (Å²) in [6.07, 6.45) is 12.0. The van der Waals surface area contributed by atoms with E-state index in [0.29, 0.717) is 18.5 Å². The van der Waals surface area contributed by atoms with Crippen LogP contribution in [0, 0.1) is 0 Å². The van der Waals surface area contributed by atoms with Gasteiger partial charge in [0.15, 0.2) is 0 Å². The van der Waals surface area contributed by atoms with Gasteiger partial charge < -0.3 is 15.7 Å². The Morgan fingerprint density at radius 2 is 1.97 bits per heavy atom. The fourth-order valence-electron chi connectivity index (χ4n) is 3.84. The van der Waals surface area contributed by atoms with Crippen molar-refractivity contribution in [2.75, 3.05) is 11.6 Å². The third-order valence-corrected chi connectivity index (χ3v) is 5.82. The maximum Gasteiger partial charge on any atom is 0.303 e. The second-order valence-corrected chi connectivity index (χ2v) is 9.80. The van der Waals surface area contributed by atoms with E-state index in [1.54, 1.807) is 12.4 Å². The average Bonchev–Trinajstić information content (AvgIpc) is 3.26. The first kappa shape index (κ1) is 24.4. The van der Waals surface area contributed by atoms with Crippen molar-refractivity contribution in [3.05, 3.63) is 66.0 Å². The standard InChI is InChI=1S/C24H30N4O4S/c1-33(31,32)28-24(26-20-10-2-3-11-20)27-21-12-6-8-18(16-21)22(13-4-5-14-23(29)30)19-9-7-15-25-17-19/h6-9,12-13,15-17,20H,2-5,10-11,14H2,1H3,(H,29,30)(H2,26,27,28)/b22-13+. The molecule has 1 fully saturated rings. The number of guanidine groups is 1. The molecule has 3 rings (SSSR count). The molecule has 1 aliphatic rings. The van der Waals surface area contributed by atoms with Gasteiger partial charge in [-0.15, -0.1) is 4.40 Å². The Balaban J connectivity index is 1.86. The molecule has 0 unspecified atom stereocenters. The summed E-state index contributed by atoms with van der Waals surface area (Å²) in [5, 5.41) is 15.3. The van der Waals surface area contributed by atoms with Gasteiger partial charge in [0.2, 0.25) is 5.96 Å². The predicted octanol–water partition coefficient (Wildman–Crippen LogP) is 4.03. The van der Waals surface area contributed by atoms with E-state index in [1.165, 1.54) is 0 Å². The number of aliphatic carboxylic acids is 1. The van der Waals surface area contributed by atoms with Crippen LogP contribution in [0.3, 0.4) is 0 Å². The number of sulfonamides is 1. The van der Waals surface area contributed by atoms with Gasteiger partial charge in [-0.2, -0.15) is 0 Å². The minimum absolute atomic E-state index is 0.108. The number of unbranched alkanes of at least 4 members (excludes halogenated alkanes) is 1. The maximum absolute atomic E-state index is 11.8. The summed E-state index contributed by atoms with van der Waals surface area (Å²) in [7, 11) is -3.58. The number of anilines is 1. The van der Waals surface area contributed by atoms with Crippen LogP contribution in [0.1, 0.15) is 56.1 Å². The molecule has 0 saturated heterocycles. The van der Waals surface area contributed by atoms with Crippen molar-refractivity contribution in [3.63, 3.8) is 0 Å². The number of nitrogens with one attached hydrogen (secondary N) is 2. The molecule has 0 radical (unpaired) electrons. The monoisotopic (exact) mass is 470 g/mol. The number of carboxylic acids is 1. The van der Waals surface area contributed by atoms with Gasteiger partial charge >= 0.3 is 5.97 Å².